The van der Waals surface area contributed by atoms with Crippen LogP contribution >= 0.6 is 0 Å². The van der Waals surface area contributed by atoms with Gasteiger partial charge in [0.25, 0.3) is 0 Å². The third-order valence-electron chi connectivity index (χ3n) is 4.40. The van der Waals surface area contributed by atoms with Crippen molar-refractivity contribution >= 4 is 0 Å². The van der Waals surface area contributed by atoms with Gasteiger partial charge in [0.15, 0.2) is 0 Å². The molecule has 0 unspecified atom stereocenters. The number of rotatable bonds is 3. The number of benzene rings is 1. The van der Waals surface area contributed by atoms with Crippen LogP contribution in [0, 0.1) is 12.3 Å². The van der Waals surface area contributed by atoms with Gasteiger partial charge in [0, 0.05) is 12.1 Å². The van der Waals surface area contributed by atoms with Gasteiger partial charge in [-0.05, 0) is 50.5 Å². The predicted octanol–water partition coefficient (Wildman–Crippen LogP) is 4.61. The minimum atomic E-state index is 0.469. The molecular weight excluding hydrogens is 218 g/mol. The highest BCUT2D eigenvalue weighted by atomic mass is 14.9. The molecule has 1 N–H and O–H groups in total. The summed E-state index contributed by atoms with van der Waals surface area (Å²) in [5.41, 5.74) is 3.31. The van der Waals surface area contributed by atoms with Crippen LogP contribution in [0.1, 0.15) is 63.6 Å². The highest BCUT2D eigenvalue weighted by Crippen LogP contribution is 2.35. The second-order valence-corrected chi connectivity index (χ2v) is 6.74. The average Bonchev–Trinajstić information content (AvgIpc) is 2.33. The molecule has 0 spiro atoms. The Bertz CT molecular complexity index is 367. The lowest BCUT2D eigenvalue weighted by atomic mass is 9.75. The van der Waals surface area contributed by atoms with Crippen molar-refractivity contribution in [2.75, 3.05) is 0 Å². The number of nitrogens with one attached hydrogen (secondary N) is 1. The summed E-state index contributed by atoms with van der Waals surface area (Å²) >= 11 is 0. The summed E-state index contributed by atoms with van der Waals surface area (Å²) in [6, 6.07) is 10.1. The first-order valence-electron chi connectivity index (χ1n) is 7.29. The molecular formula is C17H27N. The first kappa shape index (κ1) is 13.6. The summed E-state index contributed by atoms with van der Waals surface area (Å²) in [6.45, 7) is 9.22. The molecule has 0 saturated heterocycles. The quantitative estimate of drug-likeness (QED) is 0.819. The van der Waals surface area contributed by atoms with Crippen LogP contribution < -0.4 is 5.32 Å². The summed E-state index contributed by atoms with van der Waals surface area (Å²) in [4.78, 5) is 0. The molecule has 1 heteroatoms. The van der Waals surface area contributed by atoms with Gasteiger partial charge >= 0.3 is 0 Å². The van der Waals surface area contributed by atoms with Crippen molar-refractivity contribution in [1.82, 2.24) is 5.32 Å². The molecule has 2 rings (SSSR count). The molecule has 0 amide bonds. The molecule has 0 aliphatic heterocycles. The van der Waals surface area contributed by atoms with Gasteiger partial charge in [-0.2, -0.15) is 0 Å². The molecule has 0 heterocycles. The van der Waals surface area contributed by atoms with Crippen LogP contribution in [0.2, 0.25) is 0 Å². The third-order valence-corrected chi connectivity index (χ3v) is 4.40. The topological polar surface area (TPSA) is 12.0 Å². The SMILES string of the molecule is Cc1ccc([C@@H](C)NC2CCC(C)(C)CC2)cc1. The van der Waals surface area contributed by atoms with Gasteiger partial charge < -0.3 is 5.32 Å². The Kier molecular flexibility index (Phi) is 4.11. The highest BCUT2D eigenvalue weighted by molar-refractivity contribution is 5.23. The molecule has 1 fully saturated rings. The van der Waals surface area contributed by atoms with E-state index >= 15 is 0 Å². The van der Waals surface area contributed by atoms with Gasteiger partial charge in [-0.3, -0.25) is 0 Å². The fraction of sp³-hybridized carbons (Fsp3) is 0.647. The number of aryl methyl sites for hydroxylation is 1. The largest absolute Gasteiger partial charge is 0.307 e. The Morgan fingerprint density at radius 2 is 1.67 bits per heavy atom. The fourth-order valence-electron chi connectivity index (χ4n) is 2.87. The molecule has 100 valence electrons. The van der Waals surface area contributed by atoms with Crippen LogP contribution in [0.3, 0.4) is 0 Å². The number of hydrogen-bond donors (Lipinski definition) is 1. The third kappa shape index (κ3) is 3.58. The van der Waals surface area contributed by atoms with E-state index in [4.69, 9.17) is 0 Å². The molecule has 1 aliphatic carbocycles. The standard InChI is InChI=1S/C17H27N/c1-13-5-7-15(8-6-13)14(2)18-16-9-11-17(3,4)12-10-16/h5-8,14,16,18H,9-12H2,1-4H3/t14-/m1/s1. The van der Waals surface area contributed by atoms with Gasteiger partial charge in [0.2, 0.25) is 0 Å². The van der Waals surface area contributed by atoms with Crippen LogP contribution in [0.5, 0.6) is 0 Å². The first-order chi connectivity index (χ1) is 8.46. The van der Waals surface area contributed by atoms with Crippen LogP contribution in [-0.2, 0) is 0 Å². The lowest BCUT2D eigenvalue weighted by Crippen LogP contribution is -2.37. The Balaban J connectivity index is 1.88. The zero-order chi connectivity index (χ0) is 13.2. The molecule has 0 aromatic heterocycles. The highest BCUT2D eigenvalue weighted by Gasteiger charge is 2.27. The maximum atomic E-state index is 3.79. The van der Waals surface area contributed by atoms with Crippen molar-refractivity contribution in [1.29, 1.82) is 0 Å². The van der Waals surface area contributed by atoms with Crippen LogP contribution in [0.25, 0.3) is 0 Å². The Labute approximate surface area is 112 Å². The van der Waals surface area contributed by atoms with E-state index in [2.05, 4.69) is 57.3 Å². The summed E-state index contributed by atoms with van der Waals surface area (Å²) in [5.74, 6) is 0. The van der Waals surface area contributed by atoms with Crippen molar-refractivity contribution in [3.05, 3.63) is 35.4 Å². The molecule has 0 bridgehead atoms. The van der Waals surface area contributed by atoms with E-state index in [-0.39, 0.29) is 0 Å². The van der Waals surface area contributed by atoms with Crippen LogP contribution in [0.4, 0.5) is 0 Å². The Morgan fingerprint density at radius 3 is 2.22 bits per heavy atom. The lowest BCUT2D eigenvalue weighted by Gasteiger charge is -2.36. The minimum Gasteiger partial charge on any atom is -0.307 e. The van der Waals surface area contributed by atoms with Crippen molar-refractivity contribution in [2.24, 2.45) is 5.41 Å². The Hall–Kier alpha value is -0.820. The van der Waals surface area contributed by atoms with E-state index in [1.165, 1.54) is 36.8 Å². The van der Waals surface area contributed by atoms with Gasteiger partial charge in [-0.1, -0.05) is 43.7 Å². The molecule has 1 aromatic carbocycles. The molecule has 1 aliphatic rings. The van der Waals surface area contributed by atoms with Gasteiger partial charge in [0.1, 0.15) is 0 Å². The predicted molar refractivity (Wildman–Crippen MR) is 78.8 cm³/mol. The minimum absolute atomic E-state index is 0.469. The van der Waals surface area contributed by atoms with E-state index in [0.717, 1.165) is 0 Å². The molecule has 1 nitrogen and oxygen atoms in total. The van der Waals surface area contributed by atoms with Gasteiger partial charge in [0.05, 0.1) is 0 Å². The molecule has 18 heavy (non-hydrogen) atoms. The van der Waals surface area contributed by atoms with Gasteiger partial charge in [-0.15, -0.1) is 0 Å². The van der Waals surface area contributed by atoms with Crippen molar-refractivity contribution in [2.45, 2.75) is 65.5 Å². The van der Waals surface area contributed by atoms with Crippen LogP contribution in [0.15, 0.2) is 24.3 Å². The summed E-state index contributed by atoms with van der Waals surface area (Å²) in [5, 5.41) is 3.79. The van der Waals surface area contributed by atoms with Gasteiger partial charge in [-0.25, -0.2) is 0 Å². The van der Waals surface area contributed by atoms with Crippen molar-refractivity contribution in [3.63, 3.8) is 0 Å². The monoisotopic (exact) mass is 245 g/mol. The van der Waals surface area contributed by atoms with Crippen molar-refractivity contribution < 1.29 is 0 Å². The summed E-state index contributed by atoms with van der Waals surface area (Å²) in [6.07, 6.45) is 5.35. The Morgan fingerprint density at radius 1 is 1.11 bits per heavy atom. The zero-order valence-electron chi connectivity index (χ0n) is 12.3. The van der Waals surface area contributed by atoms with E-state index in [9.17, 15) is 0 Å². The second-order valence-electron chi connectivity index (χ2n) is 6.74. The second kappa shape index (κ2) is 5.44. The maximum absolute atomic E-state index is 3.79. The van der Waals surface area contributed by atoms with Crippen LogP contribution in [-0.4, -0.2) is 6.04 Å². The molecule has 1 atom stereocenters. The smallest absolute Gasteiger partial charge is 0.0294 e. The summed E-state index contributed by atoms with van der Waals surface area (Å²) in [7, 11) is 0. The lowest BCUT2D eigenvalue weighted by molar-refractivity contribution is 0.200. The summed E-state index contributed by atoms with van der Waals surface area (Å²) < 4.78 is 0. The normalized spacial score (nSPS) is 21.8. The zero-order valence-corrected chi connectivity index (χ0v) is 12.3. The van der Waals surface area contributed by atoms with Crippen molar-refractivity contribution in [3.8, 4) is 0 Å². The number of hydrogen-bond acceptors (Lipinski definition) is 1. The van der Waals surface area contributed by atoms with E-state index in [0.29, 0.717) is 17.5 Å². The van der Waals surface area contributed by atoms with E-state index in [1.54, 1.807) is 0 Å². The molecule has 1 aromatic rings. The molecule has 0 radical (unpaired) electrons. The van der Waals surface area contributed by atoms with E-state index < -0.39 is 0 Å². The van der Waals surface area contributed by atoms with E-state index in [1.807, 2.05) is 0 Å². The maximum Gasteiger partial charge on any atom is 0.0294 e. The fourth-order valence-corrected chi connectivity index (χ4v) is 2.87. The first-order valence-corrected chi connectivity index (χ1v) is 7.29. The average molecular weight is 245 g/mol. The molecule has 1 saturated carbocycles.